The third-order valence-electron chi connectivity index (χ3n) is 4.46. The molecule has 2 heterocycles. The van der Waals surface area contributed by atoms with Crippen molar-refractivity contribution in [3.05, 3.63) is 29.3 Å². The number of rotatable bonds is 2. The van der Waals surface area contributed by atoms with Gasteiger partial charge in [0, 0.05) is 13.1 Å². The highest BCUT2D eigenvalue weighted by Gasteiger charge is 2.20. The first-order valence-corrected chi connectivity index (χ1v) is 7.75. The van der Waals surface area contributed by atoms with Gasteiger partial charge in [0.25, 0.3) is 0 Å². The van der Waals surface area contributed by atoms with Crippen LogP contribution in [0.5, 0.6) is 5.75 Å². The molecular weight excluding hydrogens is 250 g/mol. The number of nitrogens with zero attached hydrogens (tertiary/aromatic N) is 1. The molecular formula is C17H23NO2. The third-order valence-corrected chi connectivity index (χ3v) is 4.46. The molecule has 0 saturated carbocycles. The van der Waals surface area contributed by atoms with Crippen molar-refractivity contribution in [3.8, 4) is 5.75 Å². The predicted octanol–water partition coefficient (Wildman–Crippen LogP) is 2.81. The standard InChI is InChI=1S/C17H23NO2/c1-13-6-8-18(9-7-13)17(19)12-14-4-5-16-15(11-14)3-2-10-20-16/h4-5,11,13H,2-3,6-10,12H2,1H3. The lowest BCUT2D eigenvalue weighted by atomic mass is 9.98. The van der Waals surface area contributed by atoms with E-state index in [0.717, 1.165) is 62.6 Å². The number of fused-ring (bicyclic) bond motifs is 1. The zero-order valence-corrected chi connectivity index (χ0v) is 12.2. The Morgan fingerprint density at radius 3 is 2.95 bits per heavy atom. The van der Waals surface area contributed by atoms with Crippen molar-refractivity contribution in [1.82, 2.24) is 4.90 Å². The molecule has 0 unspecified atom stereocenters. The van der Waals surface area contributed by atoms with Gasteiger partial charge in [-0.05, 0) is 48.8 Å². The van der Waals surface area contributed by atoms with Gasteiger partial charge in [-0.25, -0.2) is 0 Å². The second kappa shape index (κ2) is 5.86. The first-order chi connectivity index (χ1) is 9.72. The number of aryl methyl sites for hydroxylation is 1. The second-order valence-corrected chi connectivity index (χ2v) is 6.13. The van der Waals surface area contributed by atoms with E-state index in [4.69, 9.17) is 4.74 Å². The number of piperidine rings is 1. The Morgan fingerprint density at radius 1 is 1.35 bits per heavy atom. The average Bonchev–Trinajstić information content (AvgIpc) is 2.48. The van der Waals surface area contributed by atoms with E-state index in [0.29, 0.717) is 6.42 Å². The molecule has 0 aliphatic carbocycles. The third kappa shape index (κ3) is 2.97. The molecule has 1 aromatic rings. The van der Waals surface area contributed by atoms with Gasteiger partial charge in [0.2, 0.25) is 5.91 Å². The zero-order valence-electron chi connectivity index (χ0n) is 12.2. The molecule has 0 spiro atoms. The van der Waals surface area contributed by atoms with Crippen LogP contribution in [0.25, 0.3) is 0 Å². The lowest BCUT2D eigenvalue weighted by molar-refractivity contribution is -0.131. The molecule has 20 heavy (non-hydrogen) atoms. The van der Waals surface area contributed by atoms with E-state index in [2.05, 4.69) is 13.0 Å². The predicted molar refractivity (Wildman–Crippen MR) is 78.9 cm³/mol. The molecule has 1 saturated heterocycles. The monoisotopic (exact) mass is 273 g/mol. The minimum atomic E-state index is 0.272. The quantitative estimate of drug-likeness (QED) is 0.829. The van der Waals surface area contributed by atoms with E-state index in [1.54, 1.807) is 0 Å². The fraction of sp³-hybridized carbons (Fsp3) is 0.588. The maximum atomic E-state index is 12.3. The molecule has 2 aliphatic heterocycles. The summed E-state index contributed by atoms with van der Waals surface area (Å²) >= 11 is 0. The van der Waals surface area contributed by atoms with E-state index >= 15 is 0 Å². The lowest BCUT2D eigenvalue weighted by Gasteiger charge is -2.30. The Hall–Kier alpha value is -1.51. The average molecular weight is 273 g/mol. The summed E-state index contributed by atoms with van der Waals surface area (Å²) in [5.41, 5.74) is 2.38. The molecule has 1 amide bonds. The largest absolute Gasteiger partial charge is 0.493 e. The van der Waals surface area contributed by atoms with Crippen LogP contribution in [0.1, 0.15) is 37.3 Å². The van der Waals surface area contributed by atoms with Gasteiger partial charge >= 0.3 is 0 Å². The number of carbonyl (C=O) groups excluding carboxylic acids is 1. The number of ether oxygens (including phenoxy) is 1. The highest BCUT2D eigenvalue weighted by atomic mass is 16.5. The summed E-state index contributed by atoms with van der Waals surface area (Å²) in [7, 11) is 0. The van der Waals surface area contributed by atoms with Gasteiger partial charge < -0.3 is 9.64 Å². The summed E-state index contributed by atoms with van der Waals surface area (Å²) in [4.78, 5) is 14.4. The first kappa shape index (κ1) is 13.5. The normalized spacial score (nSPS) is 19.4. The fourth-order valence-corrected chi connectivity index (χ4v) is 3.07. The highest BCUT2D eigenvalue weighted by Crippen LogP contribution is 2.26. The van der Waals surface area contributed by atoms with Gasteiger partial charge in [0.05, 0.1) is 13.0 Å². The number of hydrogen-bond acceptors (Lipinski definition) is 2. The summed E-state index contributed by atoms with van der Waals surface area (Å²) in [5.74, 6) is 2.03. The number of hydrogen-bond donors (Lipinski definition) is 0. The number of benzene rings is 1. The van der Waals surface area contributed by atoms with E-state index in [1.165, 1.54) is 5.56 Å². The van der Waals surface area contributed by atoms with Crippen LogP contribution >= 0.6 is 0 Å². The molecule has 3 rings (SSSR count). The maximum Gasteiger partial charge on any atom is 0.226 e. The molecule has 2 aliphatic rings. The fourth-order valence-electron chi connectivity index (χ4n) is 3.07. The Balaban J connectivity index is 1.64. The van der Waals surface area contributed by atoms with Crippen molar-refractivity contribution in [3.63, 3.8) is 0 Å². The van der Waals surface area contributed by atoms with Gasteiger partial charge in [0.15, 0.2) is 0 Å². The minimum Gasteiger partial charge on any atom is -0.493 e. The summed E-state index contributed by atoms with van der Waals surface area (Å²) < 4.78 is 5.62. The van der Waals surface area contributed by atoms with Gasteiger partial charge in [-0.1, -0.05) is 19.1 Å². The van der Waals surface area contributed by atoms with Crippen molar-refractivity contribution < 1.29 is 9.53 Å². The van der Waals surface area contributed by atoms with Gasteiger partial charge in [-0.15, -0.1) is 0 Å². The van der Waals surface area contributed by atoms with Crippen LogP contribution in [0.15, 0.2) is 18.2 Å². The van der Waals surface area contributed by atoms with E-state index in [1.807, 2.05) is 17.0 Å². The van der Waals surface area contributed by atoms with E-state index in [-0.39, 0.29) is 5.91 Å². The minimum absolute atomic E-state index is 0.272. The van der Waals surface area contributed by atoms with E-state index < -0.39 is 0 Å². The summed E-state index contributed by atoms with van der Waals surface area (Å²) in [6, 6.07) is 6.21. The topological polar surface area (TPSA) is 29.5 Å². The summed E-state index contributed by atoms with van der Waals surface area (Å²) in [6.45, 7) is 4.94. The number of amides is 1. The van der Waals surface area contributed by atoms with Crippen LogP contribution in [-0.4, -0.2) is 30.5 Å². The second-order valence-electron chi connectivity index (χ2n) is 6.13. The smallest absolute Gasteiger partial charge is 0.226 e. The van der Waals surface area contributed by atoms with Gasteiger partial charge in [0.1, 0.15) is 5.75 Å². The molecule has 0 radical (unpaired) electrons. The molecule has 0 aromatic heterocycles. The highest BCUT2D eigenvalue weighted by molar-refractivity contribution is 5.79. The maximum absolute atomic E-state index is 12.3. The summed E-state index contributed by atoms with van der Waals surface area (Å²) in [6.07, 6.45) is 4.96. The van der Waals surface area contributed by atoms with Crippen LogP contribution in [0.4, 0.5) is 0 Å². The molecule has 108 valence electrons. The Morgan fingerprint density at radius 2 is 2.15 bits per heavy atom. The number of likely N-dealkylation sites (tertiary alicyclic amines) is 1. The van der Waals surface area contributed by atoms with Crippen molar-refractivity contribution >= 4 is 5.91 Å². The van der Waals surface area contributed by atoms with Crippen molar-refractivity contribution in [1.29, 1.82) is 0 Å². The lowest BCUT2D eigenvalue weighted by Crippen LogP contribution is -2.38. The van der Waals surface area contributed by atoms with Crippen molar-refractivity contribution in [2.75, 3.05) is 19.7 Å². The van der Waals surface area contributed by atoms with Gasteiger partial charge in [-0.3, -0.25) is 4.79 Å². The Labute approximate surface area is 120 Å². The summed E-state index contributed by atoms with van der Waals surface area (Å²) in [5, 5.41) is 0. The van der Waals surface area contributed by atoms with Gasteiger partial charge in [-0.2, -0.15) is 0 Å². The van der Waals surface area contributed by atoms with Crippen LogP contribution in [0.3, 0.4) is 0 Å². The molecule has 3 nitrogen and oxygen atoms in total. The van der Waals surface area contributed by atoms with Crippen LogP contribution in [-0.2, 0) is 17.6 Å². The molecule has 0 atom stereocenters. The van der Waals surface area contributed by atoms with Crippen molar-refractivity contribution in [2.45, 2.75) is 39.0 Å². The zero-order chi connectivity index (χ0) is 13.9. The molecule has 1 aromatic carbocycles. The van der Waals surface area contributed by atoms with Crippen molar-refractivity contribution in [2.24, 2.45) is 5.92 Å². The molecule has 3 heteroatoms. The SMILES string of the molecule is CC1CCN(C(=O)Cc2ccc3c(c2)CCCO3)CC1. The first-order valence-electron chi connectivity index (χ1n) is 7.75. The Bertz CT molecular complexity index is 490. The number of carbonyl (C=O) groups is 1. The van der Waals surface area contributed by atoms with Crippen LogP contribution < -0.4 is 4.74 Å². The van der Waals surface area contributed by atoms with Crippen LogP contribution in [0.2, 0.25) is 0 Å². The Kier molecular flexibility index (Phi) is 3.95. The van der Waals surface area contributed by atoms with Crippen LogP contribution in [0, 0.1) is 5.92 Å². The molecule has 0 N–H and O–H groups in total. The molecule has 1 fully saturated rings. The van der Waals surface area contributed by atoms with E-state index in [9.17, 15) is 4.79 Å². The molecule has 0 bridgehead atoms.